The molecule has 1 aromatic carbocycles. The molecular formula is C14H21ClN2O3S. The first kappa shape index (κ1) is 17.9. The van der Waals surface area contributed by atoms with E-state index in [1.54, 1.807) is 13.8 Å². The van der Waals surface area contributed by atoms with Crippen LogP contribution in [-0.2, 0) is 10.0 Å². The average Bonchev–Trinajstić information content (AvgIpc) is 2.39. The minimum Gasteiger partial charge on any atom is -0.350 e. The molecule has 0 spiro atoms. The molecule has 0 saturated carbocycles. The molecule has 0 atom stereocenters. The lowest BCUT2D eigenvalue weighted by molar-refractivity contribution is 0.0943. The molecule has 0 bridgehead atoms. The van der Waals surface area contributed by atoms with Gasteiger partial charge in [0.25, 0.3) is 5.91 Å². The summed E-state index contributed by atoms with van der Waals surface area (Å²) in [5.74, 6) is -0.383. The second kappa shape index (κ2) is 7.24. The molecule has 0 aliphatic carbocycles. The number of rotatable bonds is 6. The van der Waals surface area contributed by atoms with Crippen LogP contribution in [0.2, 0.25) is 5.02 Å². The molecule has 0 radical (unpaired) electrons. The van der Waals surface area contributed by atoms with E-state index in [0.717, 1.165) is 0 Å². The number of nitrogens with one attached hydrogen (secondary N) is 1. The molecule has 1 amide bonds. The van der Waals surface area contributed by atoms with Gasteiger partial charge in [-0.25, -0.2) is 8.42 Å². The number of halogens is 1. The second-order valence-electron chi connectivity index (χ2n) is 4.86. The van der Waals surface area contributed by atoms with Crippen LogP contribution in [-0.4, -0.2) is 37.8 Å². The van der Waals surface area contributed by atoms with Crippen molar-refractivity contribution in [2.75, 3.05) is 13.1 Å². The summed E-state index contributed by atoms with van der Waals surface area (Å²) in [5, 5.41) is 2.93. The Morgan fingerprint density at radius 1 is 1.29 bits per heavy atom. The Bertz CT molecular complexity index is 611. The van der Waals surface area contributed by atoms with E-state index in [0.29, 0.717) is 13.1 Å². The van der Waals surface area contributed by atoms with Crippen LogP contribution < -0.4 is 5.32 Å². The minimum atomic E-state index is -3.61. The van der Waals surface area contributed by atoms with Crippen molar-refractivity contribution in [2.24, 2.45) is 0 Å². The van der Waals surface area contributed by atoms with Crippen molar-refractivity contribution < 1.29 is 13.2 Å². The molecule has 0 aliphatic heterocycles. The van der Waals surface area contributed by atoms with Crippen LogP contribution in [0.5, 0.6) is 0 Å². The summed E-state index contributed by atoms with van der Waals surface area (Å²) in [5.41, 5.74) is 0.165. The summed E-state index contributed by atoms with van der Waals surface area (Å²) in [6, 6.07) is 4.12. The number of amides is 1. The van der Waals surface area contributed by atoms with Crippen molar-refractivity contribution in [1.29, 1.82) is 0 Å². The number of nitrogens with zero attached hydrogens (tertiary/aromatic N) is 1. The lowest BCUT2D eigenvalue weighted by Gasteiger charge is -2.19. The van der Waals surface area contributed by atoms with Crippen LogP contribution in [0.1, 0.15) is 38.1 Å². The highest BCUT2D eigenvalue weighted by atomic mass is 35.5. The van der Waals surface area contributed by atoms with E-state index >= 15 is 0 Å². The Hall–Kier alpha value is -1.11. The zero-order valence-electron chi connectivity index (χ0n) is 12.7. The first-order valence-corrected chi connectivity index (χ1v) is 8.66. The number of carbonyl (C=O) groups is 1. The van der Waals surface area contributed by atoms with Crippen LogP contribution in [0.3, 0.4) is 0 Å². The van der Waals surface area contributed by atoms with Gasteiger partial charge in [0.05, 0.1) is 15.5 Å². The van der Waals surface area contributed by atoms with Crippen LogP contribution in [0.15, 0.2) is 23.1 Å². The number of hydrogen-bond acceptors (Lipinski definition) is 3. The van der Waals surface area contributed by atoms with Crippen molar-refractivity contribution in [3.63, 3.8) is 0 Å². The largest absolute Gasteiger partial charge is 0.350 e. The molecule has 21 heavy (non-hydrogen) atoms. The van der Waals surface area contributed by atoms with Crippen molar-refractivity contribution in [3.8, 4) is 0 Å². The van der Waals surface area contributed by atoms with E-state index in [4.69, 9.17) is 11.6 Å². The van der Waals surface area contributed by atoms with E-state index < -0.39 is 10.0 Å². The molecule has 0 heterocycles. The lowest BCUT2D eigenvalue weighted by atomic mass is 10.2. The zero-order valence-corrected chi connectivity index (χ0v) is 14.3. The summed E-state index contributed by atoms with van der Waals surface area (Å²) in [6.07, 6.45) is 0. The molecule has 0 saturated heterocycles. The Balaban J connectivity index is 3.27. The SMILES string of the molecule is CCN(CC)S(=O)(=O)c1ccc(Cl)c(C(=O)NC(C)C)c1. The van der Waals surface area contributed by atoms with Gasteiger partial charge in [0.1, 0.15) is 0 Å². The monoisotopic (exact) mass is 332 g/mol. The van der Waals surface area contributed by atoms with Crippen LogP contribution >= 0.6 is 11.6 Å². The topological polar surface area (TPSA) is 66.5 Å². The summed E-state index contributed by atoms with van der Waals surface area (Å²) in [6.45, 7) is 7.92. The Morgan fingerprint density at radius 2 is 1.86 bits per heavy atom. The number of hydrogen-bond donors (Lipinski definition) is 1. The highest BCUT2D eigenvalue weighted by Crippen LogP contribution is 2.23. The van der Waals surface area contributed by atoms with Gasteiger partial charge in [0, 0.05) is 19.1 Å². The van der Waals surface area contributed by atoms with Crippen LogP contribution in [0, 0.1) is 0 Å². The number of benzene rings is 1. The predicted octanol–water partition coefficient (Wildman–Crippen LogP) is 2.51. The quantitative estimate of drug-likeness (QED) is 0.870. The Kier molecular flexibility index (Phi) is 6.19. The van der Waals surface area contributed by atoms with Gasteiger partial charge in [-0.3, -0.25) is 4.79 Å². The highest BCUT2D eigenvalue weighted by Gasteiger charge is 2.23. The summed E-state index contributed by atoms with van der Waals surface area (Å²) in [4.78, 5) is 12.1. The van der Waals surface area contributed by atoms with Gasteiger partial charge in [0.2, 0.25) is 10.0 Å². The Morgan fingerprint density at radius 3 is 2.33 bits per heavy atom. The Labute approximate surface area is 131 Å². The molecule has 1 rings (SSSR count). The van der Waals surface area contributed by atoms with E-state index in [9.17, 15) is 13.2 Å². The number of sulfonamides is 1. The smallest absolute Gasteiger partial charge is 0.253 e. The predicted molar refractivity (Wildman–Crippen MR) is 84.2 cm³/mol. The third kappa shape index (κ3) is 4.18. The third-order valence-corrected chi connectivity index (χ3v) is 5.32. The molecule has 0 fully saturated rings. The molecule has 0 aromatic heterocycles. The normalized spacial score (nSPS) is 12.0. The fraction of sp³-hybridized carbons (Fsp3) is 0.500. The highest BCUT2D eigenvalue weighted by molar-refractivity contribution is 7.89. The summed E-state index contributed by atoms with van der Waals surface area (Å²) >= 11 is 6.00. The molecular weight excluding hydrogens is 312 g/mol. The molecule has 118 valence electrons. The van der Waals surface area contributed by atoms with Crippen LogP contribution in [0.4, 0.5) is 0 Å². The van der Waals surface area contributed by atoms with Gasteiger partial charge < -0.3 is 5.32 Å². The maximum absolute atomic E-state index is 12.5. The van der Waals surface area contributed by atoms with E-state index in [1.807, 2.05) is 13.8 Å². The van der Waals surface area contributed by atoms with E-state index in [1.165, 1.54) is 22.5 Å². The zero-order chi connectivity index (χ0) is 16.2. The fourth-order valence-electron chi connectivity index (χ4n) is 1.89. The maximum Gasteiger partial charge on any atom is 0.253 e. The van der Waals surface area contributed by atoms with E-state index in [2.05, 4.69) is 5.32 Å². The van der Waals surface area contributed by atoms with Gasteiger partial charge in [-0.15, -0.1) is 0 Å². The summed E-state index contributed by atoms with van der Waals surface area (Å²) in [7, 11) is -3.61. The first-order chi connectivity index (χ1) is 9.73. The molecule has 7 heteroatoms. The van der Waals surface area contributed by atoms with Gasteiger partial charge in [-0.1, -0.05) is 25.4 Å². The minimum absolute atomic E-state index is 0.0587. The molecule has 1 aromatic rings. The average molecular weight is 333 g/mol. The van der Waals surface area contributed by atoms with Gasteiger partial charge >= 0.3 is 0 Å². The van der Waals surface area contributed by atoms with Gasteiger partial charge in [-0.2, -0.15) is 4.31 Å². The number of carbonyl (C=O) groups excluding carboxylic acids is 1. The maximum atomic E-state index is 12.5. The van der Waals surface area contributed by atoms with Crippen molar-refractivity contribution >= 4 is 27.5 Å². The molecule has 0 unspecified atom stereocenters. The van der Waals surface area contributed by atoms with Crippen molar-refractivity contribution in [2.45, 2.75) is 38.6 Å². The van der Waals surface area contributed by atoms with E-state index in [-0.39, 0.29) is 27.4 Å². The van der Waals surface area contributed by atoms with Gasteiger partial charge in [-0.05, 0) is 32.0 Å². The first-order valence-electron chi connectivity index (χ1n) is 6.84. The second-order valence-corrected chi connectivity index (χ2v) is 7.20. The van der Waals surface area contributed by atoms with Crippen molar-refractivity contribution in [3.05, 3.63) is 28.8 Å². The standard InChI is InChI=1S/C14H21ClN2O3S/c1-5-17(6-2)21(19,20)11-7-8-13(15)12(9-11)14(18)16-10(3)4/h7-10H,5-6H2,1-4H3,(H,16,18). The molecule has 5 nitrogen and oxygen atoms in total. The fourth-order valence-corrected chi connectivity index (χ4v) is 3.58. The van der Waals surface area contributed by atoms with Crippen LogP contribution in [0.25, 0.3) is 0 Å². The summed E-state index contributed by atoms with van der Waals surface area (Å²) < 4.78 is 26.2. The van der Waals surface area contributed by atoms with Gasteiger partial charge in [0.15, 0.2) is 0 Å². The molecule has 1 N–H and O–H groups in total. The lowest BCUT2D eigenvalue weighted by Crippen LogP contribution is -2.32. The molecule has 0 aliphatic rings. The third-order valence-electron chi connectivity index (χ3n) is 2.95. The van der Waals surface area contributed by atoms with Crippen molar-refractivity contribution in [1.82, 2.24) is 9.62 Å².